The highest BCUT2D eigenvalue weighted by atomic mass is 32.2. The zero-order valence-corrected chi connectivity index (χ0v) is 15.0. The van der Waals surface area contributed by atoms with E-state index in [0.29, 0.717) is 5.56 Å². The van der Waals surface area contributed by atoms with Gasteiger partial charge in [-0.3, -0.25) is 9.78 Å². The van der Waals surface area contributed by atoms with Crippen molar-refractivity contribution in [2.45, 2.75) is 24.6 Å². The molecule has 5 heteroatoms. The highest BCUT2D eigenvalue weighted by molar-refractivity contribution is 7.98. The lowest BCUT2D eigenvalue weighted by Gasteiger charge is -2.09. The first-order valence-corrected chi connectivity index (χ1v) is 8.96. The smallest absolute Gasteiger partial charge is 0.255 e. The third-order valence-electron chi connectivity index (χ3n) is 3.59. The number of rotatable bonds is 5. The summed E-state index contributed by atoms with van der Waals surface area (Å²) in [5.74, 6) is 0.639. The number of amides is 1. The monoisotopic (exact) mass is 349 g/mol. The van der Waals surface area contributed by atoms with Crippen LogP contribution in [0.5, 0.6) is 0 Å². The van der Waals surface area contributed by atoms with Gasteiger partial charge in [0.2, 0.25) is 0 Å². The molecular formula is C20H19N3OS. The van der Waals surface area contributed by atoms with Crippen LogP contribution in [0.1, 0.15) is 27.0 Å². The van der Waals surface area contributed by atoms with E-state index in [-0.39, 0.29) is 5.91 Å². The number of hydrogen-bond acceptors (Lipinski definition) is 4. The van der Waals surface area contributed by atoms with Crippen LogP contribution in [0.3, 0.4) is 0 Å². The van der Waals surface area contributed by atoms with Crippen molar-refractivity contribution in [2.75, 3.05) is 5.32 Å². The summed E-state index contributed by atoms with van der Waals surface area (Å²) in [5.41, 5.74) is 4.80. The summed E-state index contributed by atoms with van der Waals surface area (Å²) in [6.07, 6.45) is 5.07. The van der Waals surface area contributed by atoms with Crippen molar-refractivity contribution in [2.24, 2.45) is 0 Å². The summed E-state index contributed by atoms with van der Waals surface area (Å²) in [6, 6.07) is 13.7. The normalized spacial score (nSPS) is 10.5. The van der Waals surface area contributed by atoms with E-state index in [2.05, 4.69) is 21.4 Å². The summed E-state index contributed by atoms with van der Waals surface area (Å²) in [6.45, 7) is 4.04. The summed E-state index contributed by atoms with van der Waals surface area (Å²) < 4.78 is 0. The Balaban J connectivity index is 1.68. The van der Waals surface area contributed by atoms with Crippen molar-refractivity contribution in [1.29, 1.82) is 0 Å². The molecule has 3 rings (SSSR count). The van der Waals surface area contributed by atoms with E-state index in [1.165, 1.54) is 0 Å². The molecule has 0 aliphatic carbocycles. The van der Waals surface area contributed by atoms with Crippen LogP contribution in [0, 0.1) is 13.8 Å². The zero-order chi connectivity index (χ0) is 17.6. The van der Waals surface area contributed by atoms with Crippen LogP contribution in [0.25, 0.3) is 0 Å². The molecule has 25 heavy (non-hydrogen) atoms. The molecule has 0 saturated heterocycles. The van der Waals surface area contributed by atoms with Crippen molar-refractivity contribution in [1.82, 2.24) is 9.97 Å². The maximum atomic E-state index is 12.5. The molecule has 0 radical (unpaired) electrons. The van der Waals surface area contributed by atoms with E-state index < -0.39 is 0 Å². The van der Waals surface area contributed by atoms with Gasteiger partial charge in [-0.15, -0.1) is 11.8 Å². The lowest BCUT2D eigenvalue weighted by atomic mass is 10.1. The van der Waals surface area contributed by atoms with Crippen molar-refractivity contribution in [3.8, 4) is 0 Å². The number of aromatic nitrogens is 2. The maximum absolute atomic E-state index is 12.5. The molecule has 2 aromatic carbocycles. The molecule has 0 fully saturated rings. The number of nitrogens with one attached hydrogen (secondary N) is 1. The number of anilines is 1. The highest BCUT2D eigenvalue weighted by Crippen LogP contribution is 2.21. The molecule has 4 nitrogen and oxygen atoms in total. The molecule has 0 atom stereocenters. The largest absolute Gasteiger partial charge is 0.322 e. The Morgan fingerprint density at radius 3 is 2.60 bits per heavy atom. The van der Waals surface area contributed by atoms with Crippen molar-refractivity contribution >= 4 is 23.4 Å². The highest BCUT2D eigenvalue weighted by Gasteiger charge is 2.08. The zero-order valence-electron chi connectivity index (χ0n) is 14.2. The van der Waals surface area contributed by atoms with Crippen LogP contribution < -0.4 is 5.32 Å². The van der Waals surface area contributed by atoms with Gasteiger partial charge in [0.1, 0.15) is 5.03 Å². The second kappa shape index (κ2) is 7.94. The molecule has 0 unspecified atom stereocenters. The molecule has 1 aromatic heterocycles. The standard InChI is InChI=1S/C20H19N3OS/c1-14-8-15(2)10-18(9-14)23-20(24)17-5-3-4-16(11-17)13-25-19-12-21-6-7-22-19/h3-12H,13H2,1-2H3,(H,23,24). The number of nitrogens with zero attached hydrogens (tertiary/aromatic N) is 2. The Labute approximate surface area is 151 Å². The van der Waals surface area contributed by atoms with Gasteiger partial charge < -0.3 is 5.32 Å². The first kappa shape index (κ1) is 17.2. The van der Waals surface area contributed by atoms with Gasteiger partial charge in [-0.1, -0.05) is 18.2 Å². The Hall–Kier alpha value is -2.66. The molecule has 0 saturated carbocycles. The third kappa shape index (κ3) is 4.90. The van der Waals surface area contributed by atoms with Gasteiger partial charge in [-0.2, -0.15) is 0 Å². The van der Waals surface area contributed by atoms with Gasteiger partial charge in [0.15, 0.2) is 0 Å². The quantitative estimate of drug-likeness (QED) is 0.682. The van der Waals surface area contributed by atoms with Crippen LogP contribution in [0.2, 0.25) is 0 Å². The molecular weight excluding hydrogens is 330 g/mol. The van der Waals surface area contributed by atoms with Crippen LogP contribution in [-0.2, 0) is 5.75 Å². The average Bonchev–Trinajstić information content (AvgIpc) is 2.60. The van der Waals surface area contributed by atoms with Crippen LogP contribution >= 0.6 is 11.8 Å². The number of hydrogen-bond donors (Lipinski definition) is 1. The summed E-state index contributed by atoms with van der Waals surface area (Å²) in [7, 11) is 0. The van der Waals surface area contributed by atoms with E-state index in [4.69, 9.17) is 0 Å². The van der Waals surface area contributed by atoms with Gasteiger partial charge in [-0.05, 0) is 54.8 Å². The predicted octanol–water partition coefficient (Wildman–Crippen LogP) is 4.64. The molecule has 1 heterocycles. The summed E-state index contributed by atoms with van der Waals surface area (Å²) >= 11 is 1.60. The first-order valence-electron chi connectivity index (χ1n) is 7.97. The second-order valence-electron chi connectivity index (χ2n) is 5.86. The van der Waals surface area contributed by atoms with Crippen LogP contribution in [0.4, 0.5) is 5.69 Å². The van der Waals surface area contributed by atoms with E-state index >= 15 is 0 Å². The van der Waals surface area contributed by atoms with Crippen molar-refractivity contribution < 1.29 is 4.79 Å². The van der Waals surface area contributed by atoms with Gasteiger partial charge >= 0.3 is 0 Å². The fourth-order valence-electron chi connectivity index (χ4n) is 2.57. The number of thioether (sulfide) groups is 1. The second-order valence-corrected chi connectivity index (χ2v) is 6.86. The number of carbonyl (C=O) groups excluding carboxylic acids is 1. The third-order valence-corrected chi connectivity index (χ3v) is 4.58. The molecule has 126 valence electrons. The fraction of sp³-hybridized carbons (Fsp3) is 0.150. The van der Waals surface area contributed by atoms with Gasteiger partial charge in [-0.25, -0.2) is 4.98 Å². The Morgan fingerprint density at radius 1 is 1.08 bits per heavy atom. The molecule has 1 N–H and O–H groups in total. The number of benzene rings is 2. The topological polar surface area (TPSA) is 54.9 Å². The Bertz CT molecular complexity index is 861. The summed E-state index contributed by atoms with van der Waals surface area (Å²) in [5, 5.41) is 3.84. The molecule has 1 amide bonds. The van der Waals surface area contributed by atoms with Gasteiger partial charge in [0.25, 0.3) is 5.91 Å². The maximum Gasteiger partial charge on any atom is 0.255 e. The Morgan fingerprint density at radius 2 is 1.88 bits per heavy atom. The minimum absolute atomic E-state index is 0.101. The first-order chi connectivity index (χ1) is 12.1. The minimum Gasteiger partial charge on any atom is -0.322 e. The molecule has 0 aliphatic heterocycles. The van der Waals surface area contributed by atoms with E-state index in [9.17, 15) is 4.79 Å². The Kier molecular flexibility index (Phi) is 5.46. The molecule has 0 aliphatic rings. The van der Waals surface area contributed by atoms with Crippen LogP contribution in [-0.4, -0.2) is 15.9 Å². The van der Waals surface area contributed by atoms with E-state index in [0.717, 1.165) is 33.2 Å². The van der Waals surface area contributed by atoms with Gasteiger partial charge in [0.05, 0.1) is 6.20 Å². The lowest BCUT2D eigenvalue weighted by molar-refractivity contribution is 0.102. The van der Waals surface area contributed by atoms with Crippen LogP contribution in [0.15, 0.2) is 66.1 Å². The molecule has 3 aromatic rings. The number of aryl methyl sites for hydroxylation is 2. The lowest BCUT2D eigenvalue weighted by Crippen LogP contribution is -2.12. The molecule has 0 spiro atoms. The SMILES string of the molecule is Cc1cc(C)cc(NC(=O)c2cccc(CSc3cnccn3)c2)c1. The van der Waals surface area contributed by atoms with Gasteiger partial charge in [0, 0.05) is 29.4 Å². The van der Waals surface area contributed by atoms with Crippen molar-refractivity contribution in [3.05, 3.63) is 83.3 Å². The predicted molar refractivity (Wildman–Crippen MR) is 102 cm³/mol. The minimum atomic E-state index is -0.101. The average molecular weight is 349 g/mol. The van der Waals surface area contributed by atoms with E-state index in [1.54, 1.807) is 30.4 Å². The molecule has 0 bridgehead atoms. The van der Waals surface area contributed by atoms with E-state index in [1.807, 2.05) is 50.2 Å². The number of carbonyl (C=O) groups is 1. The fourth-order valence-corrected chi connectivity index (χ4v) is 3.33. The summed E-state index contributed by atoms with van der Waals surface area (Å²) in [4.78, 5) is 20.8. The van der Waals surface area contributed by atoms with Crippen molar-refractivity contribution in [3.63, 3.8) is 0 Å².